The summed E-state index contributed by atoms with van der Waals surface area (Å²) >= 11 is 1.74. The molecule has 17 heavy (non-hydrogen) atoms. The Morgan fingerprint density at radius 3 is 2.94 bits per heavy atom. The van der Waals surface area contributed by atoms with Crippen LogP contribution in [0.3, 0.4) is 0 Å². The predicted molar refractivity (Wildman–Crippen MR) is 76.0 cm³/mol. The molecule has 3 nitrogen and oxygen atoms in total. The van der Waals surface area contributed by atoms with Gasteiger partial charge in [-0.15, -0.1) is 0 Å². The number of nitrogens with one attached hydrogen (secondary N) is 1. The molecule has 1 saturated heterocycles. The summed E-state index contributed by atoms with van der Waals surface area (Å²) < 4.78 is 10.9. The van der Waals surface area contributed by atoms with Crippen LogP contribution in [0.4, 0.5) is 0 Å². The van der Waals surface area contributed by atoms with Crippen LogP contribution in [0.5, 0.6) is 0 Å². The number of thioether (sulfide) groups is 1. The Hall–Kier alpha value is -0.810. The van der Waals surface area contributed by atoms with Gasteiger partial charge in [-0.05, 0) is 5.56 Å². The maximum Gasteiger partial charge on any atom is 0.157 e. The largest absolute Gasteiger partial charge is 0.357 e. The lowest BCUT2D eigenvalue weighted by atomic mass is 10.1. The average Bonchev–Trinajstić information content (AvgIpc) is 2.78. The van der Waals surface area contributed by atoms with Gasteiger partial charge in [0.25, 0.3) is 0 Å². The van der Waals surface area contributed by atoms with Gasteiger partial charge in [-0.3, -0.25) is 9.20 Å². The molecule has 2 unspecified atom stereocenters. The zero-order chi connectivity index (χ0) is 12.1. The summed E-state index contributed by atoms with van der Waals surface area (Å²) in [6.07, 6.45) is 1.71. The molecule has 1 fully saturated rings. The Morgan fingerprint density at radius 2 is 2.24 bits per heavy atom. The summed E-state index contributed by atoms with van der Waals surface area (Å²) in [5.74, 6) is 1.65. The third-order valence-electron chi connectivity index (χ3n) is 2.52. The van der Waals surface area contributed by atoms with Crippen molar-refractivity contribution in [3.05, 3.63) is 35.9 Å². The minimum Gasteiger partial charge on any atom is -0.357 e. The molecule has 1 aliphatic heterocycles. The zero-order valence-corrected chi connectivity index (χ0v) is 11.4. The molecular weight excluding hydrogens is 252 g/mol. The molecule has 0 amide bonds. The minimum atomic E-state index is -0.754. The maximum atomic E-state index is 10.9. The van der Waals surface area contributed by atoms with E-state index in [1.807, 2.05) is 6.07 Å². The van der Waals surface area contributed by atoms with Gasteiger partial charge in [0.05, 0.1) is 12.6 Å². The lowest BCUT2D eigenvalue weighted by Gasteiger charge is -2.09. The van der Waals surface area contributed by atoms with E-state index in [1.54, 1.807) is 18.0 Å². The summed E-state index contributed by atoms with van der Waals surface area (Å²) in [5, 5.41) is 4.37. The van der Waals surface area contributed by atoms with Gasteiger partial charge in [-0.25, -0.2) is 0 Å². The number of amidine groups is 1. The highest BCUT2D eigenvalue weighted by Gasteiger charge is 2.21. The molecule has 1 aliphatic rings. The van der Waals surface area contributed by atoms with Crippen LogP contribution < -0.4 is 5.32 Å². The number of hydrogen-bond acceptors (Lipinski definition) is 3. The lowest BCUT2D eigenvalue weighted by Crippen LogP contribution is -2.19. The molecule has 1 N–H and O–H groups in total. The van der Waals surface area contributed by atoms with E-state index in [9.17, 15) is 4.21 Å². The van der Waals surface area contributed by atoms with Gasteiger partial charge in [0.2, 0.25) is 0 Å². The molecule has 0 spiro atoms. The van der Waals surface area contributed by atoms with Gasteiger partial charge in [0.15, 0.2) is 5.17 Å². The van der Waals surface area contributed by atoms with Crippen molar-refractivity contribution in [3.8, 4) is 0 Å². The number of hydrogen-bond donors (Lipinski definition) is 1. The average molecular weight is 268 g/mol. The van der Waals surface area contributed by atoms with Crippen molar-refractivity contribution in [1.29, 1.82) is 0 Å². The van der Waals surface area contributed by atoms with Crippen LogP contribution in [0.1, 0.15) is 11.6 Å². The Labute approximate surface area is 109 Å². The van der Waals surface area contributed by atoms with E-state index in [4.69, 9.17) is 0 Å². The Bertz CT molecular complexity index is 420. The minimum absolute atomic E-state index is 0.354. The fraction of sp³-hybridized carbons (Fsp3) is 0.417. The molecule has 1 aromatic rings. The van der Waals surface area contributed by atoms with E-state index in [0.717, 1.165) is 10.9 Å². The normalized spacial score (nSPS) is 23.6. The fourth-order valence-corrected chi connectivity index (χ4v) is 2.98. The first-order valence-corrected chi connectivity index (χ1v) is 8.26. The number of nitrogens with zero attached hydrogens (tertiary/aromatic N) is 1. The molecule has 5 heteroatoms. The molecule has 92 valence electrons. The Balaban J connectivity index is 1.89. The van der Waals surface area contributed by atoms with Crippen molar-refractivity contribution >= 4 is 27.7 Å². The number of aliphatic imine (C=N–C) groups is 1. The van der Waals surface area contributed by atoms with Gasteiger partial charge in [-0.2, -0.15) is 0 Å². The number of benzene rings is 1. The second kappa shape index (κ2) is 6.21. The second-order valence-corrected chi connectivity index (χ2v) is 6.45. The van der Waals surface area contributed by atoms with Gasteiger partial charge in [0, 0.05) is 28.6 Å². The highest BCUT2D eigenvalue weighted by atomic mass is 32.2. The van der Waals surface area contributed by atoms with Crippen molar-refractivity contribution in [2.45, 2.75) is 6.04 Å². The van der Waals surface area contributed by atoms with E-state index in [1.165, 1.54) is 5.56 Å². The van der Waals surface area contributed by atoms with Crippen molar-refractivity contribution in [3.63, 3.8) is 0 Å². The highest BCUT2D eigenvalue weighted by molar-refractivity contribution is 8.14. The first kappa shape index (κ1) is 12.6. The molecule has 0 saturated carbocycles. The number of rotatable bonds is 4. The van der Waals surface area contributed by atoms with E-state index >= 15 is 0 Å². The van der Waals surface area contributed by atoms with Gasteiger partial charge in [0.1, 0.15) is 0 Å². The zero-order valence-electron chi connectivity index (χ0n) is 9.76. The topological polar surface area (TPSA) is 41.5 Å². The fourth-order valence-electron chi connectivity index (χ4n) is 1.63. The predicted octanol–water partition coefficient (Wildman–Crippen LogP) is 1.80. The lowest BCUT2D eigenvalue weighted by molar-refractivity contribution is 0.686. The maximum absolute atomic E-state index is 10.9. The molecular formula is C12H16N2OS2. The first-order chi connectivity index (χ1) is 8.25. The van der Waals surface area contributed by atoms with Crippen LogP contribution >= 0.6 is 11.8 Å². The van der Waals surface area contributed by atoms with Crippen LogP contribution in [0.2, 0.25) is 0 Å². The van der Waals surface area contributed by atoms with E-state index in [2.05, 4.69) is 34.6 Å². The first-order valence-electron chi connectivity index (χ1n) is 5.54. The monoisotopic (exact) mass is 268 g/mol. The highest BCUT2D eigenvalue weighted by Crippen LogP contribution is 2.25. The van der Waals surface area contributed by atoms with Crippen LogP contribution in [-0.2, 0) is 10.8 Å². The summed E-state index contributed by atoms with van der Waals surface area (Å²) in [4.78, 5) is 4.41. The smallest absolute Gasteiger partial charge is 0.157 e. The van der Waals surface area contributed by atoms with Crippen LogP contribution in [-0.4, -0.2) is 33.7 Å². The Kier molecular flexibility index (Phi) is 4.62. The van der Waals surface area contributed by atoms with Crippen LogP contribution in [0.15, 0.2) is 35.3 Å². The molecule has 2 atom stereocenters. The molecule has 0 bridgehead atoms. The SMILES string of the molecule is CS(=O)CCN=C1NC(c2ccccc2)CS1. The van der Waals surface area contributed by atoms with Crippen molar-refractivity contribution in [1.82, 2.24) is 5.32 Å². The molecule has 1 heterocycles. The quantitative estimate of drug-likeness (QED) is 0.905. The van der Waals surface area contributed by atoms with Crippen molar-refractivity contribution < 1.29 is 4.21 Å². The van der Waals surface area contributed by atoms with E-state index < -0.39 is 10.8 Å². The van der Waals surface area contributed by atoms with Crippen molar-refractivity contribution in [2.75, 3.05) is 24.3 Å². The molecule has 0 aromatic heterocycles. The Morgan fingerprint density at radius 1 is 1.47 bits per heavy atom. The summed E-state index contributed by atoms with van der Waals surface area (Å²) in [5.41, 5.74) is 1.30. The summed E-state index contributed by atoms with van der Waals surface area (Å²) in [7, 11) is -0.754. The summed E-state index contributed by atoms with van der Waals surface area (Å²) in [6.45, 7) is 0.639. The molecule has 2 rings (SSSR count). The standard InChI is InChI=1S/C12H16N2OS2/c1-17(15)8-7-13-12-14-11(9-16-12)10-5-3-2-4-6-10/h2-6,11H,7-9H2,1H3,(H,13,14). The third-order valence-corrected chi connectivity index (χ3v) is 4.30. The van der Waals surface area contributed by atoms with Crippen LogP contribution in [0.25, 0.3) is 0 Å². The molecule has 0 radical (unpaired) electrons. The van der Waals surface area contributed by atoms with Crippen molar-refractivity contribution in [2.24, 2.45) is 4.99 Å². The van der Waals surface area contributed by atoms with E-state index in [0.29, 0.717) is 18.3 Å². The van der Waals surface area contributed by atoms with Crippen LogP contribution in [0, 0.1) is 0 Å². The van der Waals surface area contributed by atoms with E-state index in [-0.39, 0.29) is 0 Å². The van der Waals surface area contributed by atoms with Gasteiger partial charge < -0.3 is 5.32 Å². The molecule has 1 aromatic carbocycles. The van der Waals surface area contributed by atoms with Gasteiger partial charge in [-0.1, -0.05) is 42.1 Å². The molecule has 0 aliphatic carbocycles. The summed E-state index contributed by atoms with van der Waals surface area (Å²) in [6, 6.07) is 10.7. The second-order valence-electron chi connectivity index (χ2n) is 3.88. The van der Waals surface area contributed by atoms with Gasteiger partial charge >= 0.3 is 0 Å². The third kappa shape index (κ3) is 3.85.